The van der Waals surface area contributed by atoms with Crippen LogP contribution in [0.25, 0.3) is 54.6 Å². The Hall–Kier alpha value is -7.16. The zero-order chi connectivity index (χ0) is 37.8. The molecule has 268 valence electrons. The van der Waals surface area contributed by atoms with Crippen molar-refractivity contribution in [3.63, 3.8) is 0 Å². The molecule has 10 aromatic carbocycles. The lowest BCUT2D eigenvalue weighted by Crippen LogP contribution is -2.39. The summed E-state index contributed by atoms with van der Waals surface area (Å²) in [6.07, 6.45) is 0. The van der Waals surface area contributed by atoms with Crippen molar-refractivity contribution in [3.8, 4) is 33.8 Å². The second-order valence-electron chi connectivity index (χ2n) is 15.7. The molecule has 0 atom stereocenters. The fraction of sp³-hybridized carbons (Fsp3) is 0.0545. The number of para-hydroxylation sites is 2. The van der Waals surface area contributed by atoms with Crippen LogP contribution in [0.15, 0.2) is 188 Å². The van der Waals surface area contributed by atoms with Crippen LogP contribution in [0.2, 0.25) is 0 Å². The van der Waals surface area contributed by atoms with Crippen molar-refractivity contribution in [2.45, 2.75) is 19.3 Å². The third kappa shape index (κ3) is 4.41. The van der Waals surface area contributed by atoms with Crippen molar-refractivity contribution < 1.29 is 4.74 Å². The molecule has 2 aliphatic heterocycles. The van der Waals surface area contributed by atoms with Crippen molar-refractivity contribution in [2.24, 2.45) is 0 Å². The molecule has 0 aromatic heterocycles. The van der Waals surface area contributed by atoms with Gasteiger partial charge < -0.3 is 9.64 Å². The molecule has 2 nitrogen and oxygen atoms in total. The number of aryl methyl sites for hydroxylation is 2. The lowest BCUT2D eigenvalue weighted by Gasteiger charge is -2.49. The van der Waals surface area contributed by atoms with Crippen molar-refractivity contribution in [1.82, 2.24) is 0 Å². The summed E-state index contributed by atoms with van der Waals surface area (Å²) in [4.78, 5) is 2.55. The van der Waals surface area contributed by atoms with Crippen LogP contribution in [0.1, 0.15) is 33.4 Å². The van der Waals surface area contributed by atoms with Crippen molar-refractivity contribution in [2.75, 3.05) is 4.90 Å². The summed E-state index contributed by atoms with van der Waals surface area (Å²) in [5.74, 6) is 1.76. The minimum Gasteiger partial charge on any atom is -0.457 e. The van der Waals surface area contributed by atoms with Gasteiger partial charge in [0.1, 0.15) is 11.5 Å². The average Bonchev–Trinajstić information content (AvgIpc) is 3.26. The van der Waals surface area contributed by atoms with E-state index in [9.17, 15) is 0 Å². The van der Waals surface area contributed by atoms with Gasteiger partial charge in [0.25, 0.3) is 0 Å². The number of benzene rings is 10. The van der Waals surface area contributed by atoms with E-state index < -0.39 is 5.41 Å². The third-order valence-corrected chi connectivity index (χ3v) is 12.7. The van der Waals surface area contributed by atoms with Gasteiger partial charge in [-0.15, -0.1) is 0 Å². The van der Waals surface area contributed by atoms with E-state index in [0.29, 0.717) is 0 Å². The number of hydrogen-bond acceptors (Lipinski definition) is 2. The molecule has 0 bridgehead atoms. The fourth-order valence-electron chi connectivity index (χ4n) is 10.2. The zero-order valence-electron chi connectivity index (χ0n) is 31.8. The molecule has 0 saturated carbocycles. The van der Waals surface area contributed by atoms with Crippen LogP contribution in [0, 0.1) is 13.8 Å². The van der Waals surface area contributed by atoms with Crippen LogP contribution in [-0.2, 0) is 5.41 Å². The number of anilines is 3. The maximum absolute atomic E-state index is 6.82. The van der Waals surface area contributed by atoms with Crippen molar-refractivity contribution in [1.29, 1.82) is 0 Å². The first-order valence-corrected chi connectivity index (χ1v) is 19.8. The maximum Gasteiger partial charge on any atom is 0.132 e. The molecule has 10 aromatic rings. The molecule has 2 aliphatic rings. The molecule has 57 heavy (non-hydrogen) atoms. The number of rotatable bonds is 3. The topological polar surface area (TPSA) is 12.5 Å². The Morgan fingerprint density at radius 1 is 0.386 bits per heavy atom. The van der Waals surface area contributed by atoms with Crippen LogP contribution in [-0.4, -0.2) is 0 Å². The highest BCUT2D eigenvalue weighted by molar-refractivity contribution is 6.26. The molecule has 0 fully saturated rings. The van der Waals surface area contributed by atoms with E-state index in [4.69, 9.17) is 4.74 Å². The zero-order valence-corrected chi connectivity index (χ0v) is 31.8. The van der Waals surface area contributed by atoms with E-state index >= 15 is 0 Å². The molecule has 0 unspecified atom stereocenters. The van der Waals surface area contributed by atoms with Crippen molar-refractivity contribution >= 4 is 49.4 Å². The number of hydrogen-bond donors (Lipinski definition) is 0. The first kappa shape index (κ1) is 32.1. The molecule has 2 heteroatoms. The summed E-state index contributed by atoms with van der Waals surface area (Å²) in [5, 5.41) is 7.65. The predicted molar refractivity (Wildman–Crippen MR) is 237 cm³/mol. The molecular formula is C55H37NO. The minimum atomic E-state index is -0.701. The standard InChI is InChI=1S/C55H37NO/c1-34-12-3-5-16-41(34)39-26-30-49-46(32-39)55(44-18-7-9-20-51(44)57-52-21-10-8-19-45(52)55)47-33-40(42-17-6-4-13-35(42)2)27-31-50(47)56(49)48-29-25-38-23-22-36-14-11-15-37-24-28-43(48)54(38)53(36)37/h3-33H,1-2H3. The quantitative estimate of drug-likeness (QED) is 0.168. The SMILES string of the molecule is Cc1ccccc1-c1ccc2c(c1)C1(c3ccccc3Oc3ccccc31)c1cc(-c3ccccc3C)ccc1N2c1ccc2ccc3cccc4ccc1c2c34. The Morgan fingerprint density at radius 2 is 0.860 bits per heavy atom. The first-order valence-electron chi connectivity index (χ1n) is 19.8. The van der Waals surface area contributed by atoms with Crippen LogP contribution in [0.3, 0.4) is 0 Å². The summed E-state index contributed by atoms with van der Waals surface area (Å²) >= 11 is 0. The fourth-order valence-corrected chi connectivity index (χ4v) is 10.2. The summed E-state index contributed by atoms with van der Waals surface area (Å²) in [6, 6.07) is 69.7. The minimum absolute atomic E-state index is 0.701. The van der Waals surface area contributed by atoms with Crippen LogP contribution in [0.4, 0.5) is 17.1 Å². The van der Waals surface area contributed by atoms with E-state index in [1.165, 1.54) is 82.5 Å². The predicted octanol–water partition coefficient (Wildman–Crippen LogP) is 14.8. The van der Waals surface area contributed by atoms with Gasteiger partial charge in [0.15, 0.2) is 0 Å². The molecular weight excluding hydrogens is 691 g/mol. The van der Waals surface area contributed by atoms with E-state index in [0.717, 1.165) is 34.0 Å². The van der Waals surface area contributed by atoms with Gasteiger partial charge in [0.05, 0.1) is 22.5 Å². The lowest BCUT2D eigenvalue weighted by atomic mass is 9.60. The van der Waals surface area contributed by atoms with E-state index in [-0.39, 0.29) is 0 Å². The molecule has 1 spiro atoms. The molecule has 0 radical (unpaired) electrons. The second kappa shape index (κ2) is 11.9. The Labute approximate surface area is 332 Å². The van der Waals surface area contributed by atoms with Gasteiger partial charge >= 0.3 is 0 Å². The number of ether oxygens (including phenoxy) is 1. The Morgan fingerprint density at radius 3 is 1.44 bits per heavy atom. The molecule has 0 saturated heterocycles. The number of nitrogens with zero attached hydrogens (tertiary/aromatic N) is 1. The lowest BCUT2D eigenvalue weighted by molar-refractivity contribution is 0.434. The van der Waals surface area contributed by atoms with E-state index in [1.807, 2.05) is 0 Å². The van der Waals surface area contributed by atoms with Gasteiger partial charge in [0, 0.05) is 16.5 Å². The van der Waals surface area contributed by atoms with Gasteiger partial charge in [0.2, 0.25) is 0 Å². The summed E-state index contributed by atoms with van der Waals surface area (Å²) in [7, 11) is 0. The highest BCUT2D eigenvalue weighted by Gasteiger charge is 2.51. The first-order chi connectivity index (χ1) is 28.1. The van der Waals surface area contributed by atoms with Crippen LogP contribution < -0.4 is 9.64 Å². The smallest absolute Gasteiger partial charge is 0.132 e. The molecule has 0 amide bonds. The second-order valence-corrected chi connectivity index (χ2v) is 15.7. The van der Waals surface area contributed by atoms with Crippen LogP contribution >= 0.6 is 0 Å². The van der Waals surface area contributed by atoms with Crippen LogP contribution in [0.5, 0.6) is 11.5 Å². The van der Waals surface area contributed by atoms with Gasteiger partial charge in [-0.05, 0) is 128 Å². The highest BCUT2D eigenvalue weighted by Crippen LogP contribution is 2.64. The summed E-state index contributed by atoms with van der Waals surface area (Å²) in [6.45, 7) is 4.43. The monoisotopic (exact) mass is 727 g/mol. The average molecular weight is 728 g/mol. The molecule has 12 rings (SSSR count). The molecule has 2 heterocycles. The van der Waals surface area contributed by atoms with E-state index in [1.54, 1.807) is 0 Å². The maximum atomic E-state index is 6.82. The normalized spacial score (nSPS) is 13.7. The Kier molecular flexibility index (Phi) is 6.72. The highest BCUT2D eigenvalue weighted by atomic mass is 16.5. The van der Waals surface area contributed by atoms with Gasteiger partial charge in [-0.1, -0.05) is 146 Å². The largest absolute Gasteiger partial charge is 0.457 e. The van der Waals surface area contributed by atoms with Gasteiger partial charge in [-0.2, -0.15) is 0 Å². The van der Waals surface area contributed by atoms with Gasteiger partial charge in [-0.3, -0.25) is 0 Å². The Bertz CT molecular complexity index is 3100. The summed E-state index contributed by atoms with van der Waals surface area (Å²) in [5.41, 5.74) is 14.9. The van der Waals surface area contributed by atoms with E-state index in [2.05, 4.69) is 207 Å². The number of fused-ring (bicyclic) bond motifs is 8. The molecule has 0 aliphatic carbocycles. The molecule has 0 N–H and O–H groups in total. The van der Waals surface area contributed by atoms with Crippen molar-refractivity contribution in [3.05, 3.63) is 221 Å². The summed E-state index contributed by atoms with van der Waals surface area (Å²) < 4.78 is 6.82. The van der Waals surface area contributed by atoms with Gasteiger partial charge in [-0.25, -0.2) is 0 Å². The third-order valence-electron chi connectivity index (χ3n) is 12.7. The Balaban J connectivity index is 1.26.